The Kier molecular flexibility index (Phi) is 7.18. The second-order valence-electron chi connectivity index (χ2n) is 4.37. The van der Waals surface area contributed by atoms with E-state index in [9.17, 15) is 0 Å². The molecular formula is C12H27N3. The second kappa shape index (κ2) is 7.55. The summed E-state index contributed by atoms with van der Waals surface area (Å²) in [5.41, 5.74) is 10.7. The van der Waals surface area contributed by atoms with E-state index in [1.54, 1.807) is 0 Å². The van der Waals surface area contributed by atoms with Crippen LogP contribution in [-0.2, 0) is 0 Å². The summed E-state index contributed by atoms with van der Waals surface area (Å²) >= 11 is 0. The predicted molar refractivity (Wildman–Crippen MR) is 67.7 cm³/mol. The molecule has 3 heteroatoms. The summed E-state index contributed by atoms with van der Waals surface area (Å²) in [4.78, 5) is 4.20. The lowest BCUT2D eigenvalue weighted by Crippen LogP contribution is -2.28. The normalized spacial score (nSPS) is 25.4. The van der Waals surface area contributed by atoms with Gasteiger partial charge in [-0.3, -0.25) is 4.99 Å². The molecule has 1 rings (SSSR count). The molecule has 1 fully saturated rings. The topological polar surface area (TPSA) is 64.4 Å². The zero-order chi connectivity index (χ0) is 11.8. The van der Waals surface area contributed by atoms with Gasteiger partial charge in [-0.25, -0.2) is 0 Å². The fraction of sp³-hybridized carbons (Fsp3) is 0.917. The number of rotatable bonds is 2. The summed E-state index contributed by atoms with van der Waals surface area (Å²) in [6.45, 7) is 8.59. The standard InChI is InChI=1S/C10H21N3.C2H6/c1-7(2)8-3-5-9(6-4-8)13-10(11)12;1-2/h7-9H,3-6H2,1-2H3,(H4,11,12,13);1-2H3. The fourth-order valence-corrected chi connectivity index (χ4v) is 2.11. The Morgan fingerprint density at radius 3 is 1.87 bits per heavy atom. The Hall–Kier alpha value is -0.730. The summed E-state index contributed by atoms with van der Waals surface area (Å²) in [7, 11) is 0. The minimum Gasteiger partial charge on any atom is -0.370 e. The maximum absolute atomic E-state index is 5.35. The van der Waals surface area contributed by atoms with Gasteiger partial charge in [-0.1, -0.05) is 27.7 Å². The molecule has 0 aromatic carbocycles. The maximum Gasteiger partial charge on any atom is 0.186 e. The number of nitrogens with two attached hydrogens (primary N) is 2. The first-order valence-corrected chi connectivity index (χ1v) is 6.18. The summed E-state index contributed by atoms with van der Waals surface area (Å²) in [5, 5.41) is 0. The Bertz CT molecular complexity index is 175. The monoisotopic (exact) mass is 213 g/mol. The SMILES string of the molecule is CC.CC(C)C1CCC(N=C(N)N)CC1. The van der Waals surface area contributed by atoms with Crippen LogP contribution in [0.4, 0.5) is 0 Å². The molecule has 0 atom stereocenters. The Balaban J connectivity index is 0.000000921. The summed E-state index contributed by atoms with van der Waals surface area (Å²) < 4.78 is 0. The quantitative estimate of drug-likeness (QED) is 0.547. The molecule has 0 heterocycles. The molecule has 0 aromatic heterocycles. The van der Waals surface area contributed by atoms with Gasteiger partial charge in [-0.15, -0.1) is 0 Å². The molecule has 0 radical (unpaired) electrons. The third-order valence-corrected chi connectivity index (χ3v) is 3.02. The van der Waals surface area contributed by atoms with Crippen molar-refractivity contribution in [2.24, 2.45) is 28.3 Å². The molecule has 90 valence electrons. The van der Waals surface area contributed by atoms with Crippen LogP contribution in [0.25, 0.3) is 0 Å². The van der Waals surface area contributed by atoms with Gasteiger partial charge in [0.2, 0.25) is 0 Å². The first-order valence-electron chi connectivity index (χ1n) is 6.18. The Morgan fingerprint density at radius 2 is 1.53 bits per heavy atom. The van der Waals surface area contributed by atoms with Crippen molar-refractivity contribution in [1.82, 2.24) is 0 Å². The van der Waals surface area contributed by atoms with E-state index >= 15 is 0 Å². The third-order valence-electron chi connectivity index (χ3n) is 3.02. The Morgan fingerprint density at radius 1 is 1.07 bits per heavy atom. The van der Waals surface area contributed by atoms with Gasteiger partial charge >= 0.3 is 0 Å². The zero-order valence-electron chi connectivity index (χ0n) is 10.7. The van der Waals surface area contributed by atoms with Crippen LogP contribution >= 0.6 is 0 Å². The number of aliphatic imine (C=N–C) groups is 1. The highest BCUT2D eigenvalue weighted by Gasteiger charge is 2.22. The Labute approximate surface area is 94.3 Å². The third kappa shape index (κ3) is 5.65. The van der Waals surface area contributed by atoms with Gasteiger partial charge in [-0.05, 0) is 37.5 Å². The summed E-state index contributed by atoms with van der Waals surface area (Å²) in [6, 6.07) is 0.389. The van der Waals surface area contributed by atoms with Crippen LogP contribution in [-0.4, -0.2) is 12.0 Å². The average Bonchev–Trinajstić information content (AvgIpc) is 2.20. The van der Waals surface area contributed by atoms with Crippen LogP contribution in [0.15, 0.2) is 4.99 Å². The average molecular weight is 213 g/mol. The number of hydrogen-bond acceptors (Lipinski definition) is 1. The van der Waals surface area contributed by atoms with Gasteiger partial charge in [0.25, 0.3) is 0 Å². The van der Waals surface area contributed by atoms with Crippen LogP contribution < -0.4 is 11.5 Å². The molecule has 0 aromatic rings. The lowest BCUT2D eigenvalue weighted by atomic mass is 9.80. The van der Waals surface area contributed by atoms with Gasteiger partial charge < -0.3 is 11.5 Å². The molecule has 0 amide bonds. The molecule has 1 aliphatic carbocycles. The zero-order valence-corrected chi connectivity index (χ0v) is 10.7. The largest absolute Gasteiger partial charge is 0.370 e. The van der Waals surface area contributed by atoms with Crippen LogP contribution in [0, 0.1) is 11.8 Å². The lowest BCUT2D eigenvalue weighted by molar-refractivity contribution is 0.260. The highest BCUT2D eigenvalue weighted by molar-refractivity contribution is 5.75. The maximum atomic E-state index is 5.35. The van der Waals surface area contributed by atoms with Gasteiger partial charge in [-0.2, -0.15) is 0 Å². The first-order chi connectivity index (χ1) is 7.09. The predicted octanol–water partition coefficient (Wildman–Crippen LogP) is 2.50. The van der Waals surface area contributed by atoms with E-state index in [0.29, 0.717) is 6.04 Å². The first kappa shape index (κ1) is 14.3. The number of guanidine groups is 1. The lowest BCUT2D eigenvalue weighted by Gasteiger charge is -2.28. The number of nitrogens with zero attached hydrogens (tertiary/aromatic N) is 1. The molecule has 1 saturated carbocycles. The van der Waals surface area contributed by atoms with Crippen LogP contribution in [0.5, 0.6) is 0 Å². The van der Waals surface area contributed by atoms with Gasteiger partial charge in [0, 0.05) is 0 Å². The van der Waals surface area contributed by atoms with Crippen molar-refractivity contribution in [2.45, 2.75) is 59.4 Å². The van der Waals surface area contributed by atoms with Gasteiger partial charge in [0.1, 0.15) is 0 Å². The van der Waals surface area contributed by atoms with Crippen LogP contribution in [0.3, 0.4) is 0 Å². The highest BCUT2D eigenvalue weighted by atomic mass is 15.0. The molecule has 0 aliphatic heterocycles. The van der Waals surface area contributed by atoms with E-state index in [1.807, 2.05) is 13.8 Å². The van der Waals surface area contributed by atoms with Crippen molar-refractivity contribution in [3.8, 4) is 0 Å². The van der Waals surface area contributed by atoms with E-state index in [4.69, 9.17) is 11.5 Å². The fourth-order valence-electron chi connectivity index (χ4n) is 2.11. The van der Waals surface area contributed by atoms with E-state index in [-0.39, 0.29) is 5.96 Å². The summed E-state index contributed by atoms with van der Waals surface area (Å²) in [5.74, 6) is 1.93. The van der Waals surface area contributed by atoms with Crippen LogP contribution in [0.1, 0.15) is 53.4 Å². The van der Waals surface area contributed by atoms with E-state index in [0.717, 1.165) is 24.7 Å². The molecule has 0 unspecified atom stereocenters. The molecule has 3 nitrogen and oxygen atoms in total. The molecular weight excluding hydrogens is 186 g/mol. The molecule has 0 saturated heterocycles. The van der Waals surface area contributed by atoms with Crippen molar-refractivity contribution in [3.05, 3.63) is 0 Å². The minimum absolute atomic E-state index is 0.244. The molecule has 1 aliphatic rings. The highest BCUT2D eigenvalue weighted by Crippen LogP contribution is 2.30. The van der Waals surface area contributed by atoms with E-state index < -0.39 is 0 Å². The molecule has 0 bridgehead atoms. The molecule has 15 heavy (non-hydrogen) atoms. The number of hydrogen-bond donors (Lipinski definition) is 2. The molecule has 0 spiro atoms. The van der Waals surface area contributed by atoms with Crippen molar-refractivity contribution in [1.29, 1.82) is 0 Å². The molecule has 4 N–H and O–H groups in total. The van der Waals surface area contributed by atoms with Gasteiger partial charge in [0.15, 0.2) is 5.96 Å². The van der Waals surface area contributed by atoms with Gasteiger partial charge in [0.05, 0.1) is 6.04 Å². The van der Waals surface area contributed by atoms with Crippen LogP contribution in [0.2, 0.25) is 0 Å². The van der Waals surface area contributed by atoms with Crippen molar-refractivity contribution in [2.75, 3.05) is 0 Å². The van der Waals surface area contributed by atoms with Crippen molar-refractivity contribution in [3.63, 3.8) is 0 Å². The van der Waals surface area contributed by atoms with E-state index in [1.165, 1.54) is 12.8 Å². The van der Waals surface area contributed by atoms with Crippen molar-refractivity contribution >= 4 is 5.96 Å². The smallest absolute Gasteiger partial charge is 0.186 e. The summed E-state index contributed by atoms with van der Waals surface area (Å²) in [6.07, 6.45) is 4.86. The van der Waals surface area contributed by atoms with Crippen molar-refractivity contribution < 1.29 is 0 Å². The minimum atomic E-state index is 0.244. The van der Waals surface area contributed by atoms with E-state index in [2.05, 4.69) is 18.8 Å². The second-order valence-corrected chi connectivity index (χ2v) is 4.37.